The highest BCUT2D eigenvalue weighted by Crippen LogP contribution is 2.27. The number of nitrogens with two attached hydrogens (primary N) is 1. The van der Waals surface area contributed by atoms with Gasteiger partial charge in [0, 0.05) is 25.2 Å². The van der Waals surface area contributed by atoms with Crippen LogP contribution in [0.4, 0.5) is 0 Å². The lowest BCUT2D eigenvalue weighted by Gasteiger charge is -2.46. The summed E-state index contributed by atoms with van der Waals surface area (Å²) in [5.74, 6) is 1.66. The van der Waals surface area contributed by atoms with Crippen LogP contribution in [0.2, 0.25) is 0 Å². The van der Waals surface area contributed by atoms with Crippen LogP contribution in [0.15, 0.2) is 0 Å². The molecule has 0 amide bonds. The molecule has 0 radical (unpaired) electrons. The zero-order valence-electron chi connectivity index (χ0n) is 13.1. The first kappa shape index (κ1) is 15.3. The average molecular weight is 267 g/mol. The molecule has 2 atom stereocenters. The van der Waals surface area contributed by atoms with Crippen molar-refractivity contribution in [2.45, 2.75) is 58.5 Å². The topological polar surface area (TPSA) is 32.5 Å². The fourth-order valence-electron chi connectivity index (χ4n) is 3.93. The molecule has 0 aromatic rings. The van der Waals surface area contributed by atoms with Crippen LogP contribution in [0.25, 0.3) is 0 Å². The lowest BCUT2D eigenvalue weighted by atomic mass is 9.89. The van der Waals surface area contributed by atoms with Crippen molar-refractivity contribution in [3.63, 3.8) is 0 Å². The van der Waals surface area contributed by atoms with Crippen molar-refractivity contribution in [3.8, 4) is 0 Å². The quantitative estimate of drug-likeness (QED) is 0.847. The van der Waals surface area contributed by atoms with Gasteiger partial charge in [-0.3, -0.25) is 4.90 Å². The van der Waals surface area contributed by atoms with Gasteiger partial charge in [0.15, 0.2) is 0 Å². The molecule has 2 heterocycles. The second-order valence-electron chi connectivity index (χ2n) is 7.18. The summed E-state index contributed by atoms with van der Waals surface area (Å²) < 4.78 is 0. The molecule has 0 aromatic heterocycles. The van der Waals surface area contributed by atoms with Crippen molar-refractivity contribution < 1.29 is 0 Å². The summed E-state index contributed by atoms with van der Waals surface area (Å²) in [6.07, 6.45) is 5.36. The van der Waals surface area contributed by atoms with E-state index in [4.69, 9.17) is 5.73 Å². The molecule has 2 aliphatic rings. The fourth-order valence-corrected chi connectivity index (χ4v) is 3.93. The van der Waals surface area contributed by atoms with E-state index in [9.17, 15) is 0 Å². The Balaban J connectivity index is 1.83. The minimum absolute atomic E-state index is 0.644. The highest BCUT2D eigenvalue weighted by atomic mass is 15.2. The first-order valence-electron chi connectivity index (χ1n) is 8.28. The molecule has 2 rings (SSSR count). The largest absolute Gasteiger partial charge is 0.329 e. The smallest absolute Gasteiger partial charge is 0.0223 e. The third-order valence-electron chi connectivity index (χ3n) is 4.95. The maximum atomic E-state index is 6.00. The van der Waals surface area contributed by atoms with Gasteiger partial charge in [-0.1, -0.05) is 20.8 Å². The van der Waals surface area contributed by atoms with Crippen LogP contribution < -0.4 is 5.73 Å². The van der Waals surface area contributed by atoms with Crippen molar-refractivity contribution >= 4 is 0 Å². The molecule has 0 saturated carbocycles. The molecule has 2 saturated heterocycles. The predicted octanol–water partition coefficient (Wildman–Crippen LogP) is 2.17. The molecule has 3 heteroatoms. The molecule has 2 unspecified atom stereocenters. The van der Waals surface area contributed by atoms with Crippen LogP contribution in [0, 0.1) is 11.8 Å². The molecule has 0 spiro atoms. The van der Waals surface area contributed by atoms with Crippen LogP contribution in [0.1, 0.15) is 46.5 Å². The van der Waals surface area contributed by atoms with Gasteiger partial charge in [-0.15, -0.1) is 0 Å². The number of hydrogen-bond donors (Lipinski definition) is 1. The standard InChI is InChI=1S/C16H33N3/c1-13(2)12-18-7-5-15(6-8-18)19-9-4-14(3)10-16(19)11-17/h13-16H,4-12,17H2,1-3H3. The zero-order valence-corrected chi connectivity index (χ0v) is 13.1. The van der Waals surface area contributed by atoms with E-state index in [-0.39, 0.29) is 0 Å². The van der Waals surface area contributed by atoms with Gasteiger partial charge in [0.1, 0.15) is 0 Å². The molecule has 19 heavy (non-hydrogen) atoms. The number of likely N-dealkylation sites (tertiary alicyclic amines) is 2. The van der Waals surface area contributed by atoms with E-state index in [1.54, 1.807) is 0 Å². The van der Waals surface area contributed by atoms with Crippen LogP contribution in [-0.4, -0.2) is 54.6 Å². The maximum absolute atomic E-state index is 6.00. The van der Waals surface area contributed by atoms with E-state index in [2.05, 4.69) is 30.6 Å². The van der Waals surface area contributed by atoms with E-state index in [1.165, 1.54) is 51.9 Å². The average Bonchev–Trinajstić information content (AvgIpc) is 2.39. The van der Waals surface area contributed by atoms with E-state index >= 15 is 0 Å². The maximum Gasteiger partial charge on any atom is 0.0223 e. The molecule has 112 valence electrons. The Morgan fingerprint density at radius 1 is 1.11 bits per heavy atom. The van der Waals surface area contributed by atoms with E-state index in [1.807, 2.05) is 0 Å². The van der Waals surface area contributed by atoms with Crippen molar-refractivity contribution in [1.29, 1.82) is 0 Å². The van der Waals surface area contributed by atoms with Gasteiger partial charge in [0.25, 0.3) is 0 Å². The summed E-state index contributed by atoms with van der Waals surface area (Å²) in [4.78, 5) is 5.39. The third kappa shape index (κ3) is 4.17. The van der Waals surface area contributed by atoms with Gasteiger partial charge in [-0.05, 0) is 57.2 Å². The van der Waals surface area contributed by atoms with Crippen molar-refractivity contribution in [2.75, 3.05) is 32.7 Å². The Morgan fingerprint density at radius 2 is 1.79 bits per heavy atom. The number of piperidine rings is 2. The SMILES string of the molecule is CC(C)CN1CCC(N2CCC(C)CC2CN)CC1. The van der Waals surface area contributed by atoms with Gasteiger partial charge < -0.3 is 10.6 Å². The number of rotatable bonds is 4. The Kier molecular flexibility index (Phi) is 5.67. The minimum Gasteiger partial charge on any atom is -0.329 e. The molecule has 3 nitrogen and oxygen atoms in total. The molecule has 2 N–H and O–H groups in total. The normalized spacial score (nSPS) is 32.1. The van der Waals surface area contributed by atoms with Gasteiger partial charge >= 0.3 is 0 Å². The Labute approximate surface area is 119 Å². The summed E-state index contributed by atoms with van der Waals surface area (Å²) in [7, 11) is 0. The van der Waals surface area contributed by atoms with Crippen LogP contribution in [0.3, 0.4) is 0 Å². The summed E-state index contributed by atoms with van der Waals surface area (Å²) >= 11 is 0. The number of nitrogens with zero attached hydrogens (tertiary/aromatic N) is 2. The van der Waals surface area contributed by atoms with Crippen LogP contribution in [-0.2, 0) is 0 Å². The molecular weight excluding hydrogens is 234 g/mol. The van der Waals surface area contributed by atoms with Gasteiger partial charge in [0.05, 0.1) is 0 Å². The summed E-state index contributed by atoms with van der Waals surface area (Å²) in [5, 5.41) is 0. The van der Waals surface area contributed by atoms with Crippen molar-refractivity contribution in [2.24, 2.45) is 17.6 Å². The molecule has 0 aliphatic carbocycles. The van der Waals surface area contributed by atoms with Crippen molar-refractivity contribution in [1.82, 2.24) is 9.80 Å². The summed E-state index contributed by atoms with van der Waals surface area (Å²) in [6, 6.07) is 1.44. The van der Waals surface area contributed by atoms with Gasteiger partial charge in [-0.25, -0.2) is 0 Å². The summed E-state index contributed by atoms with van der Waals surface area (Å²) in [5.41, 5.74) is 6.00. The lowest BCUT2D eigenvalue weighted by molar-refractivity contribution is 0.0369. The second-order valence-corrected chi connectivity index (χ2v) is 7.18. The van der Waals surface area contributed by atoms with Gasteiger partial charge in [-0.2, -0.15) is 0 Å². The van der Waals surface area contributed by atoms with Gasteiger partial charge in [0.2, 0.25) is 0 Å². The number of hydrogen-bond acceptors (Lipinski definition) is 3. The van der Waals surface area contributed by atoms with E-state index in [0.29, 0.717) is 6.04 Å². The highest BCUT2D eigenvalue weighted by molar-refractivity contribution is 4.88. The highest BCUT2D eigenvalue weighted by Gasteiger charge is 2.32. The van der Waals surface area contributed by atoms with E-state index in [0.717, 1.165) is 24.4 Å². The van der Waals surface area contributed by atoms with Crippen LogP contribution >= 0.6 is 0 Å². The van der Waals surface area contributed by atoms with Crippen molar-refractivity contribution in [3.05, 3.63) is 0 Å². The summed E-state index contributed by atoms with van der Waals surface area (Å²) in [6.45, 7) is 13.0. The predicted molar refractivity (Wildman–Crippen MR) is 82.2 cm³/mol. The molecule has 2 aliphatic heterocycles. The Morgan fingerprint density at radius 3 is 2.37 bits per heavy atom. The fraction of sp³-hybridized carbons (Fsp3) is 1.00. The Bertz CT molecular complexity index is 259. The first-order valence-corrected chi connectivity index (χ1v) is 8.28. The van der Waals surface area contributed by atoms with E-state index < -0.39 is 0 Å². The first-order chi connectivity index (χ1) is 9.10. The lowest BCUT2D eigenvalue weighted by Crippen LogP contribution is -2.54. The monoisotopic (exact) mass is 267 g/mol. The molecule has 0 bridgehead atoms. The molecule has 2 fully saturated rings. The molecular formula is C16H33N3. The molecule has 0 aromatic carbocycles. The second kappa shape index (κ2) is 7.05. The zero-order chi connectivity index (χ0) is 13.8. The minimum atomic E-state index is 0.644. The van der Waals surface area contributed by atoms with Crippen LogP contribution in [0.5, 0.6) is 0 Å². The third-order valence-corrected chi connectivity index (χ3v) is 4.95. The Hall–Kier alpha value is -0.120.